The van der Waals surface area contributed by atoms with Gasteiger partial charge in [0, 0.05) is 5.54 Å². The summed E-state index contributed by atoms with van der Waals surface area (Å²) < 4.78 is 49.0. The van der Waals surface area contributed by atoms with Crippen LogP contribution in [0.4, 0.5) is 14.5 Å². The second-order valence-electron chi connectivity index (χ2n) is 5.42. The first-order valence-electron chi connectivity index (χ1n) is 6.08. The number of alkyl halides is 2. The predicted octanol–water partition coefficient (Wildman–Crippen LogP) is 2.37. The van der Waals surface area contributed by atoms with Gasteiger partial charge in [-0.2, -0.15) is 8.78 Å². The Morgan fingerprint density at radius 3 is 2.24 bits per heavy atom. The van der Waals surface area contributed by atoms with Crippen LogP contribution in [0.1, 0.15) is 20.8 Å². The molecule has 8 heteroatoms. The van der Waals surface area contributed by atoms with Gasteiger partial charge in [0.25, 0.3) is 0 Å². The molecule has 0 fully saturated rings. The number of para-hydroxylation sites is 1. The molecule has 21 heavy (non-hydrogen) atoms. The first-order chi connectivity index (χ1) is 9.48. The highest BCUT2D eigenvalue weighted by Gasteiger charge is 2.33. The Morgan fingerprint density at radius 1 is 1.29 bits per heavy atom. The van der Waals surface area contributed by atoms with E-state index in [9.17, 15) is 22.0 Å². The van der Waals surface area contributed by atoms with E-state index in [1.165, 1.54) is 23.1 Å². The number of benzene rings is 1. The van der Waals surface area contributed by atoms with Gasteiger partial charge in [-0.1, -0.05) is 12.1 Å². The molecule has 0 spiro atoms. The normalized spacial score (nSPS) is 12.5. The van der Waals surface area contributed by atoms with Crippen LogP contribution in [0, 0.1) is 0 Å². The van der Waals surface area contributed by atoms with Crippen LogP contribution < -0.4 is 4.90 Å². The number of carboxylic acids is 1. The van der Waals surface area contributed by atoms with Crippen molar-refractivity contribution in [2.24, 2.45) is 0 Å². The Morgan fingerprint density at radius 2 is 1.81 bits per heavy atom. The average molecular weight is 321 g/mol. The second-order valence-corrected chi connectivity index (χ2v) is 7.31. The van der Waals surface area contributed by atoms with Crippen molar-refractivity contribution in [3.63, 3.8) is 0 Å². The molecule has 1 rings (SSSR count). The molecule has 1 N–H and O–H groups in total. The third kappa shape index (κ3) is 3.90. The SMILES string of the molecule is CC(C)(C)N(CC(=O)O)c1ccccc1S(=O)(=O)C(F)F. The number of carboxylic acid groups (broad SMARTS) is 1. The molecule has 0 heterocycles. The molecule has 0 unspecified atom stereocenters. The molecule has 0 atom stereocenters. The number of halogens is 2. The van der Waals surface area contributed by atoms with Crippen molar-refractivity contribution in [1.82, 2.24) is 0 Å². The number of aliphatic carboxylic acids is 1. The van der Waals surface area contributed by atoms with Gasteiger partial charge in [-0.25, -0.2) is 8.42 Å². The van der Waals surface area contributed by atoms with Crippen LogP contribution in [0.15, 0.2) is 29.2 Å². The highest BCUT2D eigenvalue weighted by atomic mass is 32.2. The topological polar surface area (TPSA) is 74.7 Å². The summed E-state index contributed by atoms with van der Waals surface area (Å²) in [5, 5.41) is 8.97. The molecule has 5 nitrogen and oxygen atoms in total. The average Bonchev–Trinajstić information content (AvgIpc) is 2.34. The lowest BCUT2D eigenvalue weighted by molar-refractivity contribution is -0.135. The maximum Gasteiger partial charge on any atom is 0.341 e. The van der Waals surface area contributed by atoms with Gasteiger partial charge in [0.15, 0.2) is 0 Å². The summed E-state index contributed by atoms with van der Waals surface area (Å²) in [4.78, 5) is 11.7. The van der Waals surface area contributed by atoms with E-state index in [-0.39, 0.29) is 5.69 Å². The third-order valence-electron chi connectivity index (χ3n) is 2.80. The smallest absolute Gasteiger partial charge is 0.341 e. The zero-order valence-corrected chi connectivity index (χ0v) is 12.7. The fraction of sp³-hybridized carbons (Fsp3) is 0.462. The summed E-state index contributed by atoms with van der Waals surface area (Å²) in [5.41, 5.74) is -0.806. The van der Waals surface area contributed by atoms with Crippen LogP contribution in [0.5, 0.6) is 0 Å². The predicted molar refractivity (Wildman–Crippen MR) is 74.4 cm³/mol. The Labute approximate surface area is 122 Å². The maximum absolute atomic E-state index is 12.8. The first kappa shape index (κ1) is 17.4. The monoisotopic (exact) mass is 321 g/mol. The molecule has 0 radical (unpaired) electrons. The van der Waals surface area contributed by atoms with Crippen molar-refractivity contribution in [2.45, 2.75) is 37.0 Å². The first-order valence-corrected chi connectivity index (χ1v) is 7.63. The van der Waals surface area contributed by atoms with Gasteiger partial charge in [-0.15, -0.1) is 0 Å². The van der Waals surface area contributed by atoms with E-state index >= 15 is 0 Å². The van der Waals surface area contributed by atoms with Crippen molar-refractivity contribution < 1.29 is 27.1 Å². The summed E-state index contributed by atoms with van der Waals surface area (Å²) in [7, 11) is -4.82. The number of carbonyl (C=O) groups is 1. The largest absolute Gasteiger partial charge is 0.480 e. The van der Waals surface area contributed by atoms with Gasteiger partial charge < -0.3 is 10.0 Å². The van der Waals surface area contributed by atoms with Crippen LogP contribution in [-0.4, -0.2) is 37.3 Å². The molecule has 118 valence electrons. The number of hydrogen-bond acceptors (Lipinski definition) is 4. The van der Waals surface area contributed by atoms with Crippen LogP contribution in [0.2, 0.25) is 0 Å². The standard InChI is InChI=1S/C13H17F2NO4S/c1-13(2,3)16(8-11(17)18)9-6-4-5-7-10(9)21(19,20)12(14)15/h4-7,12H,8H2,1-3H3,(H,17,18). The fourth-order valence-electron chi connectivity index (χ4n) is 1.84. The van der Waals surface area contributed by atoms with Crippen molar-refractivity contribution in [2.75, 3.05) is 11.4 Å². The van der Waals surface area contributed by atoms with E-state index < -0.39 is 38.5 Å². The van der Waals surface area contributed by atoms with Crippen molar-refractivity contribution in [1.29, 1.82) is 0 Å². The summed E-state index contributed by atoms with van der Waals surface area (Å²) >= 11 is 0. The quantitative estimate of drug-likeness (QED) is 0.901. The van der Waals surface area contributed by atoms with Crippen LogP contribution in [-0.2, 0) is 14.6 Å². The Bertz CT molecular complexity index is 623. The highest BCUT2D eigenvalue weighted by molar-refractivity contribution is 7.91. The number of nitrogens with zero attached hydrogens (tertiary/aromatic N) is 1. The van der Waals surface area contributed by atoms with E-state index in [0.717, 1.165) is 6.07 Å². The summed E-state index contributed by atoms with van der Waals surface area (Å²) in [5.74, 6) is -4.75. The Hall–Kier alpha value is -1.70. The lowest BCUT2D eigenvalue weighted by atomic mass is 10.0. The van der Waals surface area contributed by atoms with E-state index in [2.05, 4.69) is 0 Å². The van der Waals surface area contributed by atoms with E-state index in [4.69, 9.17) is 5.11 Å². The van der Waals surface area contributed by atoms with Crippen LogP contribution in [0.3, 0.4) is 0 Å². The van der Waals surface area contributed by atoms with E-state index in [1.807, 2.05) is 0 Å². The number of sulfone groups is 1. The molecule has 1 aromatic rings. The minimum atomic E-state index is -4.82. The summed E-state index contributed by atoms with van der Waals surface area (Å²) in [6.45, 7) is 4.50. The fourth-order valence-corrected chi connectivity index (χ4v) is 2.77. The van der Waals surface area contributed by atoms with Gasteiger partial charge in [0.1, 0.15) is 6.54 Å². The zero-order chi connectivity index (χ0) is 16.4. The Kier molecular flexibility index (Phi) is 4.93. The number of hydrogen-bond donors (Lipinski definition) is 1. The molecular formula is C13H17F2NO4S. The summed E-state index contributed by atoms with van der Waals surface area (Å²) in [6, 6.07) is 5.17. The Balaban J connectivity index is 3.51. The third-order valence-corrected chi connectivity index (χ3v) is 4.23. The summed E-state index contributed by atoms with van der Waals surface area (Å²) in [6.07, 6.45) is 0. The van der Waals surface area contributed by atoms with Crippen molar-refractivity contribution in [3.8, 4) is 0 Å². The van der Waals surface area contributed by atoms with E-state index in [0.29, 0.717) is 0 Å². The molecule has 0 saturated carbocycles. The molecule has 0 aromatic heterocycles. The second kappa shape index (κ2) is 5.97. The molecule has 1 aromatic carbocycles. The van der Waals surface area contributed by atoms with Crippen LogP contribution >= 0.6 is 0 Å². The lowest BCUT2D eigenvalue weighted by Crippen LogP contribution is -2.45. The van der Waals surface area contributed by atoms with E-state index in [1.54, 1.807) is 20.8 Å². The highest BCUT2D eigenvalue weighted by Crippen LogP contribution is 2.32. The van der Waals surface area contributed by atoms with Gasteiger partial charge >= 0.3 is 11.7 Å². The van der Waals surface area contributed by atoms with Crippen LogP contribution in [0.25, 0.3) is 0 Å². The lowest BCUT2D eigenvalue weighted by Gasteiger charge is -2.37. The van der Waals surface area contributed by atoms with Gasteiger partial charge in [-0.05, 0) is 32.9 Å². The molecule has 0 bridgehead atoms. The molecular weight excluding hydrogens is 304 g/mol. The molecule has 0 amide bonds. The molecule has 0 aliphatic carbocycles. The minimum absolute atomic E-state index is 0.0484. The number of anilines is 1. The van der Waals surface area contributed by atoms with Gasteiger partial charge in [0.05, 0.1) is 10.6 Å². The minimum Gasteiger partial charge on any atom is -0.480 e. The van der Waals surface area contributed by atoms with Gasteiger partial charge in [-0.3, -0.25) is 4.79 Å². The zero-order valence-electron chi connectivity index (χ0n) is 11.9. The molecule has 0 saturated heterocycles. The number of rotatable bonds is 5. The molecule has 0 aliphatic rings. The van der Waals surface area contributed by atoms with Crippen molar-refractivity contribution in [3.05, 3.63) is 24.3 Å². The van der Waals surface area contributed by atoms with Gasteiger partial charge in [0.2, 0.25) is 9.84 Å². The van der Waals surface area contributed by atoms with Crippen molar-refractivity contribution >= 4 is 21.5 Å². The maximum atomic E-state index is 12.8. The molecule has 0 aliphatic heterocycles.